The van der Waals surface area contributed by atoms with E-state index in [0.29, 0.717) is 18.7 Å². The molecule has 0 fully saturated rings. The Morgan fingerprint density at radius 2 is 1.73 bits per heavy atom. The Morgan fingerprint density at radius 1 is 1.20 bits per heavy atom. The second-order valence-electron chi connectivity index (χ2n) is 3.46. The lowest BCUT2D eigenvalue weighted by molar-refractivity contribution is 0.475. The summed E-state index contributed by atoms with van der Waals surface area (Å²) in [6.45, 7) is 4.27. The van der Waals surface area contributed by atoms with Crippen molar-refractivity contribution in [3.63, 3.8) is 0 Å². The molecular formula is C11H14F3N. The van der Waals surface area contributed by atoms with Gasteiger partial charge in [-0.05, 0) is 19.9 Å². The van der Waals surface area contributed by atoms with Gasteiger partial charge in [0, 0.05) is 23.7 Å². The molecule has 84 valence electrons. The van der Waals surface area contributed by atoms with Gasteiger partial charge in [-0.3, -0.25) is 0 Å². The van der Waals surface area contributed by atoms with Crippen LogP contribution in [-0.4, -0.2) is 6.54 Å². The number of nitrogens with one attached hydrogen (secondary N) is 1. The van der Waals surface area contributed by atoms with Crippen LogP contribution in [0.25, 0.3) is 0 Å². The molecule has 0 heterocycles. The molecular weight excluding hydrogens is 203 g/mol. The van der Waals surface area contributed by atoms with Gasteiger partial charge < -0.3 is 5.32 Å². The predicted molar refractivity (Wildman–Crippen MR) is 53.0 cm³/mol. The van der Waals surface area contributed by atoms with E-state index in [-0.39, 0.29) is 5.56 Å². The van der Waals surface area contributed by atoms with Crippen LogP contribution >= 0.6 is 0 Å². The Morgan fingerprint density at radius 3 is 2.20 bits per heavy atom. The van der Waals surface area contributed by atoms with Gasteiger partial charge in [0.05, 0.1) is 0 Å². The van der Waals surface area contributed by atoms with Gasteiger partial charge in [-0.2, -0.15) is 0 Å². The Labute approximate surface area is 87.3 Å². The van der Waals surface area contributed by atoms with Crippen LogP contribution in [0.2, 0.25) is 0 Å². The SMILES string of the molecule is CCCNC(C)c1c(F)cc(F)cc1F. The highest BCUT2D eigenvalue weighted by atomic mass is 19.1. The molecule has 0 radical (unpaired) electrons. The van der Waals surface area contributed by atoms with Crippen LogP contribution in [0, 0.1) is 17.5 Å². The molecule has 0 aliphatic rings. The summed E-state index contributed by atoms with van der Waals surface area (Å²) in [5, 5.41) is 2.95. The fraction of sp³-hybridized carbons (Fsp3) is 0.455. The van der Waals surface area contributed by atoms with E-state index in [1.54, 1.807) is 6.92 Å². The van der Waals surface area contributed by atoms with Gasteiger partial charge in [0.2, 0.25) is 0 Å². The minimum absolute atomic E-state index is 0.107. The van der Waals surface area contributed by atoms with Crippen molar-refractivity contribution < 1.29 is 13.2 Å². The zero-order chi connectivity index (χ0) is 11.4. The third-order valence-electron chi connectivity index (χ3n) is 2.18. The fourth-order valence-corrected chi connectivity index (χ4v) is 1.43. The van der Waals surface area contributed by atoms with Crippen LogP contribution in [0.15, 0.2) is 12.1 Å². The van der Waals surface area contributed by atoms with E-state index in [0.717, 1.165) is 6.42 Å². The van der Waals surface area contributed by atoms with Gasteiger partial charge in [0.15, 0.2) is 0 Å². The van der Waals surface area contributed by atoms with Gasteiger partial charge >= 0.3 is 0 Å². The summed E-state index contributed by atoms with van der Waals surface area (Å²) in [5.74, 6) is -2.58. The lowest BCUT2D eigenvalue weighted by Gasteiger charge is -2.15. The maximum Gasteiger partial charge on any atom is 0.133 e. The Balaban J connectivity index is 2.92. The second-order valence-corrected chi connectivity index (χ2v) is 3.46. The van der Waals surface area contributed by atoms with Crippen molar-refractivity contribution in [1.82, 2.24) is 5.32 Å². The molecule has 0 aromatic heterocycles. The molecule has 4 heteroatoms. The molecule has 1 aromatic rings. The molecule has 1 nitrogen and oxygen atoms in total. The first kappa shape index (κ1) is 12.0. The average molecular weight is 217 g/mol. The summed E-state index contributed by atoms with van der Waals surface area (Å²) in [5.41, 5.74) is -0.107. The highest BCUT2D eigenvalue weighted by molar-refractivity contribution is 5.23. The highest BCUT2D eigenvalue weighted by Gasteiger charge is 2.16. The molecule has 0 aliphatic carbocycles. The molecule has 1 unspecified atom stereocenters. The number of benzene rings is 1. The maximum atomic E-state index is 13.3. The van der Waals surface area contributed by atoms with Gasteiger partial charge in [-0.25, -0.2) is 13.2 Å². The largest absolute Gasteiger partial charge is 0.310 e. The van der Waals surface area contributed by atoms with Crippen molar-refractivity contribution in [2.45, 2.75) is 26.3 Å². The maximum absolute atomic E-state index is 13.3. The lowest BCUT2D eigenvalue weighted by Crippen LogP contribution is -2.21. The number of hydrogen-bond acceptors (Lipinski definition) is 1. The minimum Gasteiger partial charge on any atom is -0.310 e. The molecule has 0 saturated heterocycles. The molecule has 0 saturated carbocycles. The van der Waals surface area contributed by atoms with E-state index in [4.69, 9.17) is 0 Å². The van der Waals surface area contributed by atoms with Crippen molar-refractivity contribution in [1.29, 1.82) is 0 Å². The highest BCUT2D eigenvalue weighted by Crippen LogP contribution is 2.21. The summed E-state index contributed by atoms with van der Waals surface area (Å²) in [7, 11) is 0. The predicted octanol–water partition coefficient (Wildman–Crippen LogP) is 3.16. The van der Waals surface area contributed by atoms with Crippen LogP contribution in [0.1, 0.15) is 31.9 Å². The van der Waals surface area contributed by atoms with Gasteiger partial charge in [-0.15, -0.1) is 0 Å². The van der Waals surface area contributed by atoms with Crippen LogP contribution in [-0.2, 0) is 0 Å². The smallest absolute Gasteiger partial charge is 0.133 e. The van der Waals surface area contributed by atoms with Crippen molar-refractivity contribution in [3.8, 4) is 0 Å². The molecule has 0 amide bonds. The average Bonchev–Trinajstić information content (AvgIpc) is 2.12. The van der Waals surface area contributed by atoms with E-state index < -0.39 is 23.5 Å². The summed E-state index contributed by atoms with van der Waals surface area (Å²) in [4.78, 5) is 0. The molecule has 0 spiro atoms. The van der Waals surface area contributed by atoms with Crippen LogP contribution in [0.5, 0.6) is 0 Å². The van der Waals surface area contributed by atoms with Crippen molar-refractivity contribution in [2.24, 2.45) is 0 Å². The van der Waals surface area contributed by atoms with Gasteiger partial charge in [-0.1, -0.05) is 6.92 Å². The first-order valence-electron chi connectivity index (χ1n) is 4.94. The molecule has 15 heavy (non-hydrogen) atoms. The zero-order valence-electron chi connectivity index (χ0n) is 8.78. The van der Waals surface area contributed by atoms with Gasteiger partial charge in [0.25, 0.3) is 0 Å². The molecule has 1 aromatic carbocycles. The summed E-state index contributed by atoms with van der Waals surface area (Å²) in [6, 6.07) is 0.941. The first-order valence-corrected chi connectivity index (χ1v) is 4.94. The van der Waals surface area contributed by atoms with Crippen LogP contribution in [0.4, 0.5) is 13.2 Å². The Hall–Kier alpha value is -1.03. The third-order valence-corrected chi connectivity index (χ3v) is 2.18. The van der Waals surface area contributed by atoms with Crippen molar-refractivity contribution in [3.05, 3.63) is 35.1 Å². The Kier molecular flexibility index (Phi) is 4.15. The second kappa shape index (κ2) is 5.16. The first-order chi connectivity index (χ1) is 7.06. The lowest BCUT2D eigenvalue weighted by atomic mass is 10.1. The van der Waals surface area contributed by atoms with E-state index in [2.05, 4.69) is 5.32 Å². The molecule has 0 aliphatic heterocycles. The van der Waals surface area contributed by atoms with E-state index in [1.807, 2.05) is 6.92 Å². The van der Waals surface area contributed by atoms with Gasteiger partial charge in [0.1, 0.15) is 17.5 Å². The topological polar surface area (TPSA) is 12.0 Å². The fourth-order valence-electron chi connectivity index (χ4n) is 1.43. The quantitative estimate of drug-likeness (QED) is 0.816. The monoisotopic (exact) mass is 217 g/mol. The Bertz CT molecular complexity index is 316. The molecule has 0 bridgehead atoms. The van der Waals surface area contributed by atoms with Crippen molar-refractivity contribution in [2.75, 3.05) is 6.54 Å². The van der Waals surface area contributed by atoms with E-state index >= 15 is 0 Å². The summed E-state index contributed by atoms with van der Waals surface area (Å²) < 4.78 is 39.2. The zero-order valence-corrected chi connectivity index (χ0v) is 8.78. The third kappa shape index (κ3) is 2.96. The molecule has 1 N–H and O–H groups in total. The molecule has 1 atom stereocenters. The van der Waals surface area contributed by atoms with Crippen molar-refractivity contribution >= 4 is 0 Å². The standard InChI is InChI=1S/C11H14F3N/c1-3-4-15-7(2)11-9(13)5-8(12)6-10(11)14/h5-7,15H,3-4H2,1-2H3. The van der Waals surface area contributed by atoms with E-state index in [9.17, 15) is 13.2 Å². The molecule has 1 rings (SSSR count). The summed E-state index contributed by atoms with van der Waals surface area (Å²) >= 11 is 0. The number of hydrogen-bond donors (Lipinski definition) is 1. The summed E-state index contributed by atoms with van der Waals surface area (Å²) in [6.07, 6.45) is 0.870. The minimum atomic E-state index is -0.892. The number of rotatable bonds is 4. The number of halogens is 3. The van der Waals surface area contributed by atoms with Crippen LogP contribution in [0.3, 0.4) is 0 Å². The van der Waals surface area contributed by atoms with E-state index in [1.165, 1.54) is 0 Å². The van der Waals surface area contributed by atoms with Crippen LogP contribution < -0.4 is 5.32 Å². The normalized spacial score (nSPS) is 12.9.